The zero-order chi connectivity index (χ0) is 19.5. The number of benzene rings is 1. The molecule has 2 unspecified atom stereocenters. The molecule has 0 heterocycles. The van der Waals surface area contributed by atoms with E-state index in [0.717, 1.165) is 18.4 Å². The van der Waals surface area contributed by atoms with Crippen LogP contribution in [0.15, 0.2) is 30.3 Å². The SMILES string of the molecule is O=C(O)CCC(Cc1ccccc1)NC(=O)NCC(CO)C1CCCCC1. The van der Waals surface area contributed by atoms with Crippen LogP contribution in [0.2, 0.25) is 0 Å². The monoisotopic (exact) mass is 376 g/mol. The minimum Gasteiger partial charge on any atom is -0.481 e. The fourth-order valence-corrected chi connectivity index (χ4v) is 3.87. The van der Waals surface area contributed by atoms with E-state index in [2.05, 4.69) is 10.6 Å². The molecule has 27 heavy (non-hydrogen) atoms. The Hall–Kier alpha value is -2.08. The molecule has 0 radical (unpaired) electrons. The molecule has 2 atom stereocenters. The first-order valence-corrected chi connectivity index (χ1v) is 9.99. The zero-order valence-electron chi connectivity index (χ0n) is 15.9. The van der Waals surface area contributed by atoms with Crippen molar-refractivity contribution >= 4 is 12.0 Å². The second-order valence-corrected chi connectivity index (χ2v) is 7.51. The van der Waals surface area contributed by atoms with Crippen molar-refractivity contribution in [3.8, 4) is 0 Å². The lowest BCUT2D eigenvalue weighted by molar-refractivity contribution is -0.137. The highest BCUT2D eigenvalue weighted by Crippen LogP contribution is 2.29. The van der Waals surface area contributed by atoms with Crippen LogP contribution in [0, 0.1) is 11.8 Å². The Morgan fingerprint density at radius 1 is 1.11 bits per heavy atom. The van der Waals surface area contributed by atoms with Gasteiger partial charge in [-0.25, -0.2) is 4.79 Å². The molecule has 0 aliphatic heterocycles. The zero-order valence-corrected chi connectivity index (χ0v) is 15.9. The van der Waals surface area contributed by atoms with E-state index in [1.54, 1.807) is 0 Å². The standard InChI is InChI=1S/C21H32N2O4/c24-15-18(17-9-5-2-6-10-17)14-22-21(27)23-19(11-12-20(25)26)13-16-7-3-1-4-8-16/h1,3-4,7-8,17-19,24H,2,5-6,9-15H2,(H,25,26)(H2,22,23,27). The van der Waals surface area contributed by atoms with Gasteiger partial charge in [0.1, 0.15) is 0 Å². The second-order valence-electron chi connectivity index (χ2n) is 7.51. The molecule has 0 spiro atoms. The van der Waals surface area contributed by atoms with Crippen LogP contribution in [0.1, 0.15) is 50.5 Å². The fraction of sp³-hybridized carbons (Fsp3) is 0.619. The van der Waals surface area contributed by atoms with Crippen LogP contribution in [-0.4, -0.2) is 41.4 Å². The van der Waals surface area contributed by atoms with Crippen LogP contribution in [0.25, 0.3) is 0 Å². The van der Waals surface area contributed by atoms with Crippen molar-refractivity contribution in [1.29, 1.82) is 0 Å². The van der Waals surface area contributed by atoms with Crippen molar-refractivity contribution in [2.24, 2.45) is 11.8 Å². The molecule has 2 amide bonds. The Bertz CT molecular complexity index is 573. The van der Waals surface area contributed by atoms with Crippen molar-refractivity contribution < 1.29 is 19.8 Å². The minimum atomic E-state index is -0.868. The van der Waals surface area contributed by atoms with Gasteiger partial charge in [0.2, 0.25) is 0 Å². The summed E-state index contributed by atoms with van der Waals surface area (Å²) in [7, 11) is 0. The first kappa shape index (κ1) is 21.2. The summed E-state index contributed by atoms with van der Waals surface area (Å²) in [6, 6.07) is 9.19. The van der Waals surface area contributed by atoms with Gasteiger partial charge in [0.05, 0.1) is 0 Å². The lowest BCUT2D eigenvalue weighted by atomic mass is 9.80. The number of carboxylic acid groups (broad SMARTS) is 1. The maximum Gasteiger partial charge on any atom is 0.315 e. The quantitative estimate of drug-likeness (QED) is 0.504. The van der Waals surface area contributed by atoms with Crippen molar-refractivity contribution in [3.05, 3.63) is 35.9 Å². The lowest BCUT2D eigenvalue weighted by Gasteiger charge is -2.29. The third kappa shape index (κ3) is 7.99. The van der Waals surface area contributed by atoms with Gasteiger partial charge < -0.3 is 20.8 Å². The van der Waals surface area contributed by atoms with Crippen LogP contribution in [-0.2, 0) is 11.2 Å². The van der Waals surface area contributed by atoms with Gasteiger partial charge in [0, 0.05) is 31.5 Å². The average Bonchev–Trinajstić information content (AvgIpc) is 2.68. The Labute approximate surface area is 161 Å². The Morgan fingerprint density at radius 3 is 2.44 bits per heavy atom. The maximum absolute atomic E-state index is 12.3. The molecule has 150 valence electrons. The summed E-state index contributed by atoms with van der Waals surface area (Å²) < 4.78 is 0. The highest BCUT2D eigenvalue weighted by atomic mass is 16.4. The predicted molar refractivity (Wildman–Crippen MR) is 104 cm³/mol. The average molecular weight is 376 g/mol. The summed E-state index contributed by atoms with van der Waals surface area (Å²) in [6.07, 6.45) is 6.86. The van der Waals surface area contributed by atoms with E-state index in [1.807, 2.05) is 30.3 Å². The summed E-state index contributed by atoms with van der Waals surface area (Å²) in [6.45, 7) is 0.529. The molecule has 0 bridgehead atoms. The molecule has 6 heteroatoms. The number of hydrogen-bond donors (Lipinski definition) is 4. The minimum absolute atomic E-state index is 0.0130. The topological polar surface area (TPSA) is 98.7 Å². The molecule has 6 nitrogen and oxygen atoms in total. The van der Waals surface area contributed by atoms with Gasteiger partial charge in [-0.15, -0.1) is 0 Å². The molecule has 1 aromatic rings. The van der Waals surface area contributed by atoms with E-state index in [0.29, 0.717) is 25.3 Å². The Morgan fingerprint density at radius 2 is 1.81 bits per heavy atom. The van der Waals surface area contributed by atoms with E-state index >= 15 is 0 Å². The number of hydrogen-bond acceptors (Lipinski definition) is 3. The molecular formula is C21H32N2O4. The normalized spacial score (nSPS) is 17.1. The third-order valence-corrected chi connectivity index (χ3v) is 5.44. The summed E-state index contributed by atoms with van der Waals surface area (Å²) in [5.74, 6) is -0.313. The summed E-state index contributed by atoms with van der Waals surface area (Å²) in [5, 5.41) is 24.4. The van der Waals surface area contributed by atoms with Gasteiger partial charge in [-0.05, 0) is 24.3 Å². The van der Waals surface area contributed by atoms with Crippen LogP contribution in [0.4, 0.5) is 4.79 Å². The number of rotatable bonds is 10. The number of amides is 2. The molecular weight excluding hydrogens is 344 g/mol. The predicted octanol–water partition coefficient (Wildman–Crippen LogP) is 2.95. The molecule has 0 aromatic heterocycles. The smallest absolute Gasteiger partial charge is 0.315 e. The van der Waals surface area contributed by atoms with Crippen LogP contribution >= 0.6 is 0 Å². The maximum atomic E-state index is 12.3. The van der Waals surface area contributed by atoms with Gasteiger partial charge in [0.25, 0.3) is 0 Å². The highest BCUT2D eigenvalue weighted by molar-refractivity contribution is 5.74. The van der Waals surface area contributed by atoms with E-state index in [9.17, 15) is 14.7 Å². The number of urea groups is 1. The number of nitrogens with one attached hydrogen (secondary N) is 2. The first-order chi connectivity index (χ1) is 13.1. The number of aliphatic hydroxyl groups is 1. The van der Waals surface area contributed by atoms with E-state index in [4.69, 9.17) is 5.11 Å². The van der Waals surface area contributed by atoms with Crippen LogP contribution in [0.3, 0.4) is 0 Å². The molecule has 0 saturated heterocycles. The molecule has 1 aliphatic carbocycles. The van der Waals surface area contributed by atoms with Crippen molar-refractivity contribution in [3.63, 3.8) is 0 Å². The number of carbonyl (C=O) groups is 2. The van der Waals surface area contributed by atoms with Crippen molar-refractivity contribution in [2.45, 2.75) is 57.4 Å². The van der Waals surface area contributed by atoms with Gasteiger partial charge in [-0.2, -0.15) is 0 Å². The summed E-state index contributed by atoms with van der Waals surface area (Å²) >= 11 is 0. The molecule has 4 N–H and O–H groups in total. The van der Waals surface area contributed by atoms with Gasteiger partial charge in [-0.3, -0.25) is 4.79 Å². The largest absolute Gasteiger partial charge is 0.481 e. The fourth-order valence-electron chi connectivity index (χ4n) is 3.87. The lowest BCUT2D eigenvalue weighted by Crippen LogP contribution is -2.46. The van der Waals surface area contributed by atoms with Gasteiger partial charge in [0.15, 0.2) is 0 Å². The third-order valence-electron chi connectivity index (χ3n) is 5.44. The Kier molecular flexibility index (Phi) is 9.11. The van der Waals surface area contributed by atoms with E-state index in [1.165, 1.54) is 19.3 Å². The van der Waals surface area contributed by atoms with Crippen molar-refractivity contribution in [1.82, 2.24) is 10.6 Å². The number of carboxylic acids is 1. The van der Waals surface area contributed by atoms with Gasteiger partial charge in [-0.1, -0.05) is 62.4 Å². The Balaban J connectivity index is 1.84. The highest BCUT2D eigenvalue weighted by Gasteiger charge is 2.24. The van der Waals surface area contributed by atoms with Gasteiger partial charge >= 0.3 is 12.0 Å². The van der Waals surface area contributed by atoms with Crippen LogP contribution in [0.5, 0.6) is 0 Å². The molecule has 1 aliphatic rings. The number of carbonyl (C=O) groups excluding carboxylic acids is 1. The first-order valence-electron chi connectivity index (χ1n) is 9.99. The van der Waals surface area contributed by atoms with Crippen molar-refractivity contribution in [2.75, 3.05) is 13.2 Å². The molecule has 1 saturated carbocycles. The number of aliphatic hydroxyl groups excluding tert-OH is 1. The van der Waals surface area contributed by atoms with Crippen LogP contribution < -0.4 is 10.6 Å². The summed E-state index contributed by atoms with van der Waals surface area (Å²) in [5.41, 5.74) is 1.06. The molecule has 2 rings (SSSR count). The molecule has 1 aromatic carbocycles. The summed E-state index contributed by atoms with van der Waals surface area (Å²) in [4.78, 5) is 23.3. The second kappa shape index (κ2) is 11.6. The molecule has 1 fully saturated rings. The number of aliphatic carboxylic acids is 1. The van der Waals surface area contributed by atoms with E-state index < -0.39 is 5.97 Å². The van der Waals surface area contributed by atoms with E-state index in [-0.39, 0.29) is 31.0 Å².